The second kappa shape index (κ2) is 9.00. The monoisotopic (exact) mass is 296 g/mol. The second-order valence-corrected chi connectivity index (χ2v) is 5.60. The van der Waals surface area contributed by atoms with Crippen LogP contribution < -0.4 is 5.32 Å². The molecule has 0 aliphatic rings. The summed E-state index contributed by atoms with van der Waals surface area (Å²) < 4.78 is 5.02. The Balaban J connectivity index is 2.51. The smallest absolute Gasteiger partial charge is 0.241 e. The normalized spacial score (nSPS) is 12.4. The predicted molar refractivity (Wildman–Crippen MR) is 85.4 cm³/mol. The summed E-state index contributed by atoms with van der Waals surface area (Å²) in [7, 11) is 3.65. The van der Waals surface area contributed by atoms with E-state index >= 15 is 0 Å². The van der Waals surface area contributed by atoms with Crippen LogP contribution in [0.5, 0.6) is 0 Å². The van der Waals surface area contributed by atoms with Crippen LogP contribution in [0.25, 0.3) is 0 Å². The Morgan fingerprint density at radius 1 is 1.50 bits per heavy atom. The molecule has 1 unspecified atom stereocenters. The predicted octanol–water partition coefficient (Wildman–Crippen LogP) is 2.70. The van der Waals surface area contributed by atoms with Crippen molar-refractivity contribution in [2.24, 2.45) is 0 Å². The average molecular weight is 296 g/mol. The lowest BCUT2D eigenvalue weighted by Crippen LogP contribution is -2.40. The van der Waals surface area contributed by atoms with E-state index in [0.29, 0.717) is 6.61 Å². The minimum absolute atomic E-state index is 0.0168. The van der Waals surface area contributed by atoms with E-state index < -0.39 is 0 Å². The van der Waals surface area contributed by atoms with Crippen LogP contribution in [0, 0.1) is 0 Å². The molecule has 0 saturated carbocycles. The summed E-state index contributed by atoms with van der Waals surface area (Å²) in [5.74, 6) is 0.0168. The first kappa shape index (κ1) is 17.0. The van der Waals surface area contributed by atoms with Crippen molar-refractivity contribution in [1.29, 1.82) is 0 Å². The van der Waals surface area contributed by atoms with E-state index in [9.17, 15) is 4.79 Å². The third kappa shape index (κ3) is 5.53. The molecule has 0 saturated heterocycles. The number of ether oxygens (including phenoxy) is 1. The van der Waals surface area contributed by atoms with Crippen molar-refractivity contribution in [2.75, 3.05) is 38.9 Å². The van der Waals surface area contributed by atoms with Gasteiger partial charge in [0.15, 0.2) is 0 Å². The SMILES string of the molecule is COCCCN(C)C(C)C(=O)Nc1cccc(SC)c1. The fourth-order valence-corrected chi connectivity index (χ4v) is 2.26. The Hall–Kier alpha value is -1.04. The molecule has 1 N–H and O–H groups in total. The van der Waals surface area contributed by atoms with Gasteiger partial charge in [0.2, 0.25) is 5.91 Å². The number of likely N-dealkylation sites (N-methyl/N-ethyl adjacent to an activating group) is 1. The average Bonchev–Trinajstić information content (AvgIpc) is 2.46. The van der Waals surface area contributed by atoms with E-state index in [1.54, 1.807) is 18.9 Å². The number of hydrogen-bond donors (Lipinski definition) is 1. The highest BCUT2D eigenvalue weighted by atomic mass is 32.2. The molecule has 0 spiro atoms. The fourth-order valence-electron chi connectivity index (χ4n) is 1.80. The Bertz CT molecular complexity index is 426. The van der Waals surface area contributed by atoms with Crippen LogP contribution in [0.2, 0.25) is 0 Å². The van der Waals surface area contributed by atoms with Crippen molar-refractivity contribution in [3.05, 3.63) is 24.3 Å². The van der Waals surface area contributed by atoms with Crippen LogP contribution in [0.3, 0.4) is 0 Å². The third-order valence-corrected chi connectivity index (χ3v) is 3.96. The van der Waals surface area contributed by atoms with Gasteiger partial charge in [-0.2, -0.15) is 0 Å². The number of amides is 1. The number of thioether (sulfide) groups is 1. The number of carbonyl (C=O) groups is 1. The van der Waals surface area contributed by atoms with Crippen molar-refractivity contribution >= 4 is 23.4 Å². The highest BCUT2D eigenvalue weighted by Gasteiger charge is 2.17. The van der Waals surface area contributed by atoms with Crippen LogP contribution in [-0.2, 0) is 9.53 Å². The Morgan fingerprint density at radius 2 is 2.25 bits per heavy atom. The van der Waals surface area contributed by atoms with E-state index in [2.05, 4.69) is 5.32 Å². The summed E-state index contributed by atoms with van der Waals surface area (Å²) in [6.45, 7) is 3.47. The van der Waals surface area contributed by atoms with Gasteiger partial charge in [0.1, 0.15) is 0 Å². The van der Waals surface area contributed by atoms with E-state index in [1.165, 1.54) is 0 Å². The zero-order chi connectivity index (χ0) is 15.0. The summed E-state index contributed by atoms with van der Waals surface area (Å²) in [6.07, 6.45) is 2.94. The minimum Gasteiger partial charge on any atom is -0.385 e. The molecule has 1 aromatic carbocycles. The summed E-state index contributed by atoms with van der Waals surface area (Å²) in [5.41, 5.74) is 0.846. The van der Waals surface area contributed by atoms with Crippen LogP contribution in [-0.4, -0.2) is 50.4 Å². The maximum Gasteiger partial charge on any atom is 0.241 e. The van der Waals surface area contributed by atoms with Crippen LogP contribution in [0.15, 0.2) is 29.2 Å². The van der Waals surface area contributed by atoms with Gasteiger partial charge in [-0.1, -0.05) is 6.07 Å². The Kier molecular flexibility index (Phi) is 7.65. The minimum atomic E-state index is -0.162. The van der Waals surface area contributed by atoms with Gasteiger partial charge in [0.05, 0.1) is 6.04 Å². The van der Waals surface area contributed by atoms with Gasteiger partial charge in [0.25, 0.3) is 0 Å². The Labute approximate surface area is 125 Å². The molecule has 112 valence electrons. The number of benzene rings is 1. The van der Waals surface area contributed by atoms with E-state index in [0.717, 1.165) is 23.5 Å². The van der Waals surface area contributed by atoms with Crippen LogP contribution >= 0.6 is 11.8 Å². The molecule has 1 aromatic rings. The van der Waals surface area contributed by atoms with Gasteiger partial charge < -0.3 is 10.1 Å². The van der Waals surface area contributed by atoms with Crippen molar-refractivity contribution in [2.45, 2.75) is 24.3 Å². The zero-order valence-corrected chi connectivity index (χ0v) is 13.5. The highest BCUT2D eigenvalue weighted by molar-refractivity contribution is 7.98. The summed E-state index contributed by atoms with van der Waals surface area (Å²) in [4.78, 5) is 15.4. The zero-order valence-electron chi connectivity index (χ0n) is 12.7. The lowest BCUT2D eigenvalue weighted by atomic mass is 10.2. The number of nitrogens with zero attached hydrogens (tertiary/aromatic N) is 1. The highest BCUT2D eigenvalue weighted by Crippen LogP contribution is 2.19. The lowest BCUT2D eigenvalue weighted by molar-refractivity contribution is -0.120. The molecule has 0 aliphatic heterocycles. The van der Waals surface area contributed by atoms with Gasteiger partial charge in [-0.05, 0) is 44.8 Å². The first-order valence-electron chi connectivity index (χ1n) is 6.72. The number of methoxy groups -OCH3 is 1. The molecule has 4 nitrogen and oxygen atoms in total. The molecule has 20 heavy (non-hydrogen) atoms. The lowest BCUT2D eigenvalue weighted by Gasteiger charge is -2.23. The maximum absolute atomic E-state index is 12.2. The quantitative estimate of drug-likeness (QED) is 0.591. The van der Waals surface area contributed by atoms with Gasteiger partial charge >= 0.3 is 0 Å². The van der Waals surface area contributed by atoms with Crippen LogP contribution in [0.4, 0.5) is 5.69 Å². The molecule has 0 fully saturated rings. The Morgan fingerprint density at radius 3 is 2.90 bits per heavy atom. The van der Waals surface area contributed by atoms with Gasteiger partial charge in [-0.25, -0.2) is 0 Å². The van der Waals surface area contributed by atoms with Crippen molar-refractivity contribution < 1.29 is 9.53 Å². The molecule has 0 bridgehead atoms. The summed E-state index contributed by atoms with van der Waals surface area (Å²) >= 11 is 1.66. The maximum atomic E-state index is 12.2. The molecule has 5 heteroatoms. The number of anilines is 1. The van der Waals surface area contributed by atoms with E-state index in [1.807, 2.05) is 49.4 Å². The topological polar surface area (TPSA) is 41.6 Å². The van der Waals surface area contributed by atoms with Crippen LogP contribution in [0.1, 0.15) is 13.3 Å². The molecule has 0 heterocycles. The van der Waals surface area contributed by atoms with Gasteiger partial charge in [0, 0.05) is 30.8 Å². The fraction of sp³-hybridized carbons (Fsp3) is 0.533. The first-order chi connectivity index (χ1) is 9.58. The number of hydrogen-bond acceptors (Lipinski definition) is 4. The summed E-state index contributed by atoms with van der Waals surface area (Å²) in [6, 6.07) is 7.72. The molecule has 0 aliphatic carbocycles. The van der Waals surface area contributed by atoms with E-state index in [4.69, 9.17) is 4.74 Å². The molecule has 0 aromatic heterocycles. The molecule has 0 radical (unpaired) electrons. The van der Waals surface area contributed by atoms with Gasteiger partial charge in [-0.3, -0.25) is 9.69 Å². The summed E-state index contributed by atoms with van der Waals surface area (Å²) in [5, 5.41) is 2.96. The van der Waals surface area contributed by atoms with Crippen molar-refractivity contribution in [3.63, 3.8) is 0 Å². The number of rotatable bonds is 8. The third-order valence-electron chi connectivity index (χ3n) is 3.24. The first-order valence-corrected chi connectivity index (χ1v) is 7.95. The van der Waals surface area contributed by atoms with E-state index in [-0.39, 0.29) is 11.9 Å². The molecule has 1 atom stereocenters. The largest absolute Gasteiger partial charge is 0.385 e. The second-order valence-electron chi connectivity index (χ2n) is 4.72. The number of carbonyl (C=O) groups excluding carboxylic acids is 1. The molecule has 1 amide bonds. The van der Waals surface area contributed by atoms with Crippen molar-refractivity contribution in [1.82, 2.24) is 4.90 Å². The standard InChI is InChI=1S/C15H24N2O2S/c1-12(17(2)9-6-10-19-3)15(18)16-13-7-5-8-14(11-13)20-4/h5,7-8,11-12H,6,9-10H2,1-4H3,(H,16,18). The molecular formula is C15H24N2O2S. The molecule has 1 rings (SSSR count). The van der Waals surface area contributed by atoms with Gasteiger partial charge in [-0.15, -0.1) is 11.8 Å². The van der Waals surface area contributed by atoms with Crippen molar-refractivity contribution in [3.8, 4) is 0 Å². The molecular weight excluding hydrogens is 272 g/mol. The number of nitrogens with one attached hydrogen (secondary N) is 1.